The van der Waals surface area contributed by atoms with Gasteiger partial charge in [-0.05, 0) is 50.9 Å². The van der Waals surface area contributed by atoms with Gasteiger partial charge in [0.15, 0.2) is 0 Å². The van der Waals surface area contributed by atoms with E-state index in [0.29, 0.717) is 0 Å². The maximum absolute atomic E-state index is 12.3. The molecule has 0 spiro atoms. The summed E-state index contributed by atoms with van der Waals surface area (Å²) in [4.78, 5) is 2.30. The summed E-state index contributed by atoms with van der Waals surface area (Å²) in [6.07, 6.45) is 0. The lowest BCUT2D eigenvalue weighted by atomic mass is 9.79. The second-order valence-electron chi connectivity index (χ2n) is 6.78. The molecule has 0 bridgehead atoms. The normalized spacial score (nSPS) is 13.5. The van der Waals surface area contributed by atoms with Gasteiger partial charge in [-0.1, -0.05) is 72.8 Å². The fourth-order valence-corrected chi connectivity index (χ4v) is 5.60. The Labute approximate surface area is 172 Å². The molecule has 0 saturated carbocycles. The minimum Gasteiger partial charge on any atom is -0.376 e. The van der Waals surface area contributed by atoms with Gasteiger partial charge in [0.1, 0.15) is 5.60 Å². The molecule has 1 nitrogen and oxygen atoms in total. The largest absolute Gasteiger partial charge is 0.376 e. The van der Waals surface area contributed by atoms with Crippen LogP contribution in [0, 0.1) is 0 Å². The van der Waals surface area contributed by atoms with Crippen LogP contribution >= 0.6 is 22.7 Å². The van der Waals surface area contributed by atoms with E-state index in [-0.39, 0.29) is 0 Å². The molecule has 1 N–H and O–H groups in total. The first-order valence-corrected chi connectivity index (χ1v) is 10.9. The number of hydrogen-bond acceptors (Lipinski definition) is 3. The Morgan fingerprint density at radius 1 is 0.607 bits per heavy atom. The zero-order chi connectivity index (χ0) is 19.0. The Bertz CT molecular complexity index is 1220. The summed E-state index contributed by atoms with van der Waals surface area (Å²) < 4.78 is 0. The van der Waals surface area contributed by atoms with Gasteiger partial charge in [0.25, 0.3) is 0 Å². The van der Waals surface area contributed by atoms with E-state index >= 15 is 0 Å². The van der Waals surface area contributed by atoms with Crippen molar-refractivity contribution in [3.05, 3.63) is 118 Å². The summed E-state index contributed by atoms with van der Waals surface area (Å²) in [6.45, 7) is 0. The molecular formula is C25H18OS2. The van der Waals surface area contributed by atoms with Crippen molar-refractivity contribution in [3.63, 3.8) is 0 Å². The standard InChI is InChI=1S/C25H18OS2/c26-25(20-9-2-1-3-10-20,21-13-12-18-7-4-5-8-19(18)17-21)22-14-16-28-24(22)23-11-6-15-27-23/h1-17,26H. The molecule has 0 fully saturated rings. The van der Waals surface area contributed by atoms with Crippen molar-refractivity contribution in [2.75, 3.05) is 0 Å². The van der Waals surface area contributed by atoms with Gasteiger partial charge in [0, 0.05) is 10.4 Å². The molecule has 3 heteroatoms. The summed E-state index contributed by atoms with van der Waals surface area (Å²) in [7, 11) is 0. The Kier molecular flexibility index (Phi) is 4.36. The Hall–Kier alpha value is -2.72. The maximum atomic E-state index is 12.3. The van der Waals surface area contributed by atoms with E-state index in [1.807, 2.05) is 48.5 Å². The average Bonchev–Trinajstić information content (AvgIpc) is 3.45. The van der Waals surface area contributed by atoms with Gasteiger partial charge in [0.05, 0.1) is 4.88 Å². The van der Waals surface area contributed by atoms with Crippen molar-refractivity contribution in [2.24, 2.45) is 0 Å². The van der Waals surface area contributed by atoms with Crippen LogP contribution in [0.4, 0.5) is 0 Å². The summed E-state index contributed by atoms with van der Waals surface area (Å²) in [5, 5.41) is 18.7. The van der Waals surface area contributed by atoms with Crippen molar-refractivity contribution < 1.29 is 5.11 Å². The molecule has 0 aliphatic heterocycles. The second kappa shape index (κ2) is 7.02. The van der Waals surface area contributed by atoms with Crippen LogP contribution in [0.1, 0.15) is 16.7 Å². The first-order chi connectivity index (χ1) is 13.8. The van der Waals surface area contributed by atoms with Gasteiger partial charge < -0.3 is 5.11 Å². The van der Waals surface area contributed by atoms with Crippen molar-refractivity contribution in [1.29, 1.82) is 0 Å². The van der Waals surface area contributed by atoms with Crippen LogP contribution in [0.5, 0.6) is 0 Å². The lowest BCUT2D eigenvalue weighted by molar-refractivity contribution is 0.127. The smallest absolute Gasteiger partial charge is 0.142 e. The lowest BCUT2D eigenvalue weighted by Crippen LogP contribution is -2.28. The van der Waals surface area contributed by atoms with Gasteiger partial charge in [-0.3, -0.25) is 0 Å². The van der Waals surface area contributed by atoms with E-state index < -0.39 is 5.60 Å². The third-order valence-electron chi connectivity index (χ3n) is 5.16. The van der Waals surface area contributed by atoms with E-state index in [4.69, 9.17) is 0 Å². The third kappa shape index (κ3) is 2.80. The van der Waals surface area contributed by atoms with Crippen molar-refractivity contribution >= 4 is 33.4 Å². The number of fused-ring (bicyclic) bond motifs is 1. The van der Waals surface area contributed by atoms with Gasteiger partial charge in [0.2, 0.25) is 0 Å². The SMILES string of the molecule is OC(c1ccccc1)(c1ccc2ccccc2c1)c1ccsc1-c1cccs1. The van der Waals surface area contributed by atoms with E-state index in [1.54, 1.807) is 22.7 Å². The van der Waals surface area contributed by atoms with Crippen LogP contribution in [0.25, 0.3) is 20.5 Å². The molecule has 5 aromatic rings. The highest BCUT2D eigenvalue weighted by Gasteiger charge is 2.37. The van der Waals surface area contributed by atoms with Crippen molar-refractivity contribution in [1.82, 2.24) is 0 Å². The Balaban J connectivity index is 1.79. The first kappa shape index (κ1) is 17.4. The topological polar surface area (TPSA) is 20.2 Å². The Morgan fingerprint density at radius 2 is 1.39 bits per heavy atom. The molecule has 0 amide bonds. The zero-order valence-electron chi connectivity index (χ0n) is 15.1. The lowest BCUT2D eigenvalue weighted by Gasteiger charge is -2.30. The average molecular weight is 399 g/mol. The van der Waals surface area contributed by atoms with Gasteiger partial charge in [-0.25, -0.2) is 0 Å². The molecule has 2 heterocycles. The fraction of sp³-hybridized carbons (Fsp3) is 0.0400. The van der Waals surface area contributed by atoms with E-state index in [1.165, 1.54) is 10.3 Å². The van der Waals surface area contributed by atoms with Gasteiger partial charge in [-0.15, -0.1) is 22.7 Å². The highest BCUT2D eigenvalue weighted by Crippen LogP contribution is 2.45. The first-order valence-electron chi connectivity index (χ1n) is 9.16. The van der Waals surface area contributed by atoms with E-state index in [0.717, 1.165) is 27.0 Å². The molecule has 3 aromatic carbocycles. The van der Waals surface area contributed by atoms with Crippen LogP contribution in [0.3, 0.4) is 0 Å². The molecule has 0 radical (unpaired) electrons. The van der Waals surface area contributed by atoms with Gasteiger partial charge in [-0.2, -0.15) is 0 Å². The molecule has 1 atom stereocenters. The summed E-state index contributed by atoms with van der Waals surface area (Å²) in [6, 6.07) is 30.7. The predicted molar refractivity (Wildman–Crippen MR) is 120 cm³/mol. The molecule has 136 valence electrons. The van der Waals surface area contributed by atoms with Gasteiger partial charge >= 0.3 is 0 Å². The maximum Gasteiger partial charge on any atom is 0.142 e. The van der Waals surface area contributed by atoms with Crippen LogP contribution in [-0.2, 0) is 5.60 Å². The van der Waals surface area contributed by atoms with Crippen LogP contribution in [0.2, 0.25) is 0 Å². The van der Waals surface area contributed by atoms with Crippen molar-refractivity contribution in [2.45, 2.75) is 5.60 Å². The molecule has 5 rings (SSSR count). The molecule has 28 heavy (non-hydrogen) atoms. The molecular weight excluding hydrogens is 380 g/mol. The van der Waals surface area contributed by atoms with Crippen molar-refractivity contribution in [3.8, 4) is 9.75 Å². The number of rotatable bonds is 4. The number of aliphatic hydroxyl groups is 1. The molecule has 0 saturated heterocycles. The third-order valence-corrected chi connectivity index (χ3v) is 7.12. The summed E-state index contributed by atoms with van der Waals surface area (Å²) in [5.74, 6) is 0. The number of benzene rings is 3. The number of thiophene rings is 2. The highest BCUT2D eigenvalue weighted by atomic mass is 32.1. The second-order valence-corrected chi connectivity index (χ2v) is 8.64. The predicted octanol–water partition coefficient (Wildman–Crippen LogP) is 6.91. The highest BCUT2D eigenvalue weighted by molar-refractivity contribution is 7.20. The monoisotopic (exact) mass is 398 g/mol. The molecule has 1 unspecified atom stereocenters. The minimum absolute atomic E-state index is 0.876. The quantitative estimate of drug-likeness (QED) is 0.348. The van der Waals surface area contributed by atoms with E-state index in [2.05, 4.69) is 53.2 Å². The van der Waals surface area contributed by atoms with Crippen LogP contribution in [-0.4, -0.2) is 5.11 Å². The molecule has 2 aromatic heterocycles. The molecule has 0 aliphatic rings. The minimum atomic E-state index is -1.22. The fourth-order valence-electron chi connectivity index (χ4n) is 3.76. The van der Waals surface area contributed by atoms with Crippen LogP contribution < -0.4 is 0 Å². The Morgan fingerprint density at radius 3 is 2.18 bits per heavy atom. The number of hydrogen-bond donors (Lipinski definition) is 1. The van der Waals surface area contributed by atoms with E-state index in [9.17, 15) is 5.11 Å². The summed E-state index contributed by atoms with van der Waals surface area (Å²) >= 11 is 3.38. The molecule has 0 aliphatic carbocycles. The summed E-state index contributed by atoms with van der Waals surface area (Å²) in [5.41, 5.74) is 1.47. The zero-order valence-corrected chi connectivity index (χ0v) is 16.7. The van der Waals surface area contributed by atoms with Crippen LogP contribution in [0.15, 0.2) is 102 Å².